The minimum Gasteiger partial charge on any atom is -0.222 e. The van der Waals surface area contributed by atoms with E-state index in [1.807, 2.05) is 0 Å². The van der Waals surface area contributed by atoms with E-state index >= 15 is 0 Å². The molecule has 0 bridgehead atoms. The highest BCUT2D eigenvalue weighted by Gasteiger charge is 2.33. The molecule has 1 aromatic heterocycles. The molecular weight excluding hydrogens is 332 g/mol. The van der Waals surface area contributed by atoms with Crippen LogP contribution in [0.2, 0.25) is 5.02 Å². The van der Waals surface area contributed by atoms with Gasteiger partial charge in [0.2, 0.25) is 0 Å². The normalized spacial score (nSPS) is 11.6. The van der Waals surface area contributed by atoms with Crippen molar-refractivity contribution < 1.29 is 13.2 Å². The van der Waals surface area contributed by atoms with E-state index in [1.165, 1.54) is 0 Å². The fourth-order valence-corrected chi connectivity index (χ4v) is 1.98. The Kier molecular flexibility index (Phi) is 3.59. The third kappa shape index (κ3) is 2.81. The molecule has 0 aliphatic carbocycles. The molecule has 0 radical (unpaired) electrons. The van der Waals surface area contributed by atoms with Crippen molar-refractivity contribution in [3.63, 3.8) is 0 Å². The molecule has 94 valence electrons. The van der Waals surface area contributed by atoms with Gasteiger partial charge in [0.1, 0.15) is 5.69 Å². The highest BCUT2D eigenvalue weighted by atomic mass is 79.9. The molecule has 0 atom stereocenters. The molecule has 0 aliphatic heterocycles. The molecule has 2 aromatic rings. The van der Waals surface area contributed by atoms with Crippen LogP contribution in [0, 0.1) is 0 Å². The van der Waals surface area contributed by atoms with Gasteiger partial charge in [-0.15, -0.1) is 0 Å². The molecule has 2 rings (SSSR count). The summed E-state index contributed by atoms with van der Waals surface area (Å²) in [7, 11) is 0. The lowest BCUT2D eigenvalue weighted by molar-refractivity contribution is -0.141. The topological polar surface area (TPSA) is 25.8 Å². The molecule has 0 aliphatic rings. The van der Waals surface area contributed by atoms with Gasteiger partial charge < -0.3 is 0 Å². The van der Waals surface area contributed by atoms with Crippen LogP contribution in [0.4, 0.5) is 13.2 Å². The zero-order valence-corrected chi connectivity index (χ0v) is 11.0. The summed E-state index contributed by atoms with van der Waals surface area (Å²) in [5, 5.41) is 0.330. The Hall–Kier alpha value is -1.14. The van der Waals surface area contributed by atoms with Crippen molar-refractivity contribution in [2.45, 2.75) is 6.18 Å². The molecule has 7 heteroatoms. The van der Waals surface area contributed by atoms with E-state index in [2.05, 4.69) is 25.9 Å². The number of nitrogens with zero attached hydrogens (tertiary/aromatic N) is 2. The predicted octanol–water partition coefficient (Wildman–Crippen LogP) is 4.58. The molecule has 1 aromatic carbocycles. The van der Waals surface area contributed by atoms with E-state index in [9.17, 15) is 13.2 Å². The van der Waals surface area contributed by atoms with E-state index in [0.29, 0.717) is 10.6 Å². The minimum atomic E-state index is -4.53. The molecule has 0 N–H and O–H groups in total. The van der Waals surface area contributed by atoms with Gasteiger partial charge in [-0.1, -0.05) is 29.8 Å². The predicted molar refractivity (Wildman–Crippen MR) is 65.2 cm³/mol. The maximum Gasteiger partial charge on any atom is 0.433 e. The van der Waals surface area contributed by atoms with Gasteiger partial charge in [0.25, 0.3) is 0 Å². The molecule has 2 nitrogen and oxygen atoms in total. The number of hydrogen-bond acceptors (Lipinski definition) is 2. The smallest absolute Gasteiger partial charge is 0.222 e. The second-order valence-electron chi connectivity index (χ2n) is 3.39. The molecule has 18 heavy (non-hydrogen) atoms. The van der Waals surface area contributed by atoms with E-state index in [-0.39, 0.29) is 10.4 Å². The van der Waals surface area contributed by atoms with Crippen molar-refractivity contribution >= 4 is 27.5 Å². The fraction of sp³-hybridized carbons (Fsp3) is 0.0909. The SMILES string of the molecule is FC(F)(F)c1cc(-c2ccccc2Cl)nc(Br)n1. The van der Waals surface area contributed by atoms with E-state index in [0.717, 1.165) is 6.07 Å². The van der Waals surface area contributed by atoms with Crippen LogP contribution in [0.5, 0.6) is 0 Å². The van der Waals surface area contributed by atoms with Gasteiger partial charge in [-0.3, -0.25) is 0 Å². The average molecular weight is 338 g/mol. The van der Waals surface area contributed by atoms with E-state index < -0.39 is 11.9 Å². The van der Waals surface area contributed by atoms with Gasteiger partial charge in [0, 0.05) is 10.6 Å². The Morgan fingerprint density at radius 3 is 2.39 bits per heavy atom. The van der Waals surface area contributed by atoms with Crippen LogP contribution in [0.1, 0.15) is 5.69 Å². The highest BCUT2D eigenvalue weighted by Crippen LogP contribution is 2.33. The first-order valence-electron chi connectivity index (χ1n) is 4.74. The zero-order chi connectivity index (χ0) is 13.3. The Labute approximate surface area is 114 Å². The third-order valence-corrected chi connectivity index (χ3v) is 2.82. The van der Waals surface area contributed by atoms with Crippen LogP contribution >= 0.6 is 27.5 Å². The highest BCUT2D eigenvalue weighted by molar-refractivity contribution is 9.10. The molecule has 0 saturated heterocycles. The summed E-state index contributed by atoms with van der Waals surface area (Å²) in [5.74, 6) is 0. The van der Waals surface area contributed by atoms with Gasteiger partial charge in [0.15, 0.2) is 4.73 Å². The molecule has 0 fully saturated rings. The number of benzene rings is 1. The number of hydrogen-bond donors (Lipinski definition) is 0. The summed E-state index contributed by atoms with van der Waals surface area (Å²) in [6.07, 6.45) is -4.53. The lowest BCUT2D eigenvalue weighted by atomic mass is 10.1. The zero-order valence-electron chi connectivity index (χ0n) is 8.67. The van der Waals surface area contributed by atoms with Crippen molar-refractivity contribution in [1.29, 1.82) is 0 Å². The molecule has 0 spiro atoms. The summed E-state index contributed by atoms with van der Waals surface area (Å²) in [4.78, 5) is 7.20. The molecule has 1 heterocycles. The number of rotatable bonds is 1. The molecular formula is C11H5BrClF3N2. The van der Waals surface area contributed by atoms with Gasteiger partial charge in [-0.2, -0.15) is 13.2 Å². The summed E-state index contributed by atoms with van der Waals surface area (Å²) < 4.78 is 37.7. The quantitative estimate of drug-likeness (QED) is 0.712. The van der Waals surface area contributed by atoms with Gasteiger partial charge in [-0.05, 0) is 28.1 Å². The molecule has 0 saturated carbocycles. The van der Waals surface area contributed by atoms with Crippen LogP contribution in [0.25, 0.3) is 11.3 Å². The van der Waals surface area contributed by atoms with Gasteiger partial charge in [0.05, 0.1) is 5.69 Å². The maximum absolute atomic E-state index is 12.6. The first-order chi connectivity index (χ1) is 8.38. The third-order valence-electron chi connectivity index (χ3n) is 2.14. The van der Waals surface area contributed by atoms with Crippen LogP contribution in [0.15, 0.2) is 35.1 Å². The van der Waals surface area contributed by atoms with Crippen LogP contribution in [0.3, 0.4) is 0 Å². The summed E-state index contributed by atoms with van der Waals surface area (Å²) in [5.41, 5.74) is -0.470. The monoisotopic (exact) mass is 336 g/mol. The lowest BCUT2D eigenvalue weighted by Crippen LogP contribution is -2.09. The molecule has 0 amide bonds. The van der Waals surface area contributed by atoms with Gasteiger partial charge >= 0.3 is 6.18 Å². The van der Waals surface area contributed by atoms with Crippen molar-refractivity contribution in [3.8, 4) is 11.3 Å². The van der Waals surface area contributed by atoms with E-state index in [4.69, 9.17) is 11.6 Å². The Bertz CT molecular complexity index is 587. The average Bonchev–Trinajstić information content (AvgIpc) is 2.27. The number of aromatic nitrogens is 2. The largest absolute Gasteiger partial charge is 0.433 e. The van der Waals surface area contributed by atoms with Crippen molar-refractivity contribution in [2.24, 2.45) is 0 Å². The Balaban J connectivity index is 2.60. The second-order valence-corrected chi connectivity index (χ2v) is 4.50. The van der Waals surface area contributed by atoms with Gasteiger partial charge in [-0.25, -0.2) is 9.97 Å². The summed E-state index contributed by atoms with van der Waals surface area (Å²) in [6, 6.07) is 7.40. The fourth-order valence-electron chi connectivity index (χ4n) is 1.37. The van der Waals surface area contributed by atoms with Crippen LogP contribution in [-0.4, -0.2) is 9.97 Å². The van der Waals surface area contributed by atoms with Crippen molar-refractivity contribution in [1.82, 2.24) is 9.97 Å². The number of alkyl halides is 3. The second kappa shape index (κ2) is 4.85. The van der Waals surface area contributed by atoms with Crippen molar-refractivity contribution in [2.75, 3.05) is 0 Å². The van der Waals surface area contributed by atoms with Crippen LogP contribution < -0.4 is 0 Å². The molecule has 0 unspecified atom stereocenters. The number of halogens is 5. The first-order valence-corrected chi connectivity index (χ1v) is 5.92. The summed E-state index contributed by atoms with van der Waals surface area (Å²) >= 11 is 8.78. The van der Waals surface area contributed by atoms with E-state index in [1.54, 1.807) is 24.3 Å². The Morgan fingerprint density at radius 1 is 1.11 bits per heavy atom. The summed E-state index contributed by atoms with van der Waals surface area (Å²) in [6.45, 7) is 0. The first kappa shape index (κ1) is 13.3. The minimum absolute atomic E-state index is 0.120. The lowest BCUT2D eigenvalue weighted by Gasteiger charge is -2.09. The standard InChI is InChI=1S/C11H5BrClF3N2/c12-10-17-8(5-9(18-10)11(14,15)16)6-3-1-2-4-7(6)13/h1-5H. The van der Waals surface area contributed by atoms with Crippen LogP contribution in [-0.2, 0) is 6.18 Å². The van der Waals surface area contributed by atoms with Crippen molar-refractivity contribution in [3.05, 3.63) is 45.8 Å². The maximum atomic E-state index is 12.6. The Morgan fingerprint density at radius 2 is 1.78 bits per heavy atom.